The molecule has 0 aliphatic rings. The lowest BCUT2D eigenvalue weighted by Gasteiger charge is -2.05. The molecule has 0 saturated heterocycles. The number of hydrogen-bond acceptors (Lipinski definition) is 2. The lowest BCUT2D eigenvalue weighted by atomic mass is 10.2. The SMILES string of the molecule is CNc1cc(Br)cc2cccnc12. The van der Waals surface area contributed by atoms with Gasteiger partial charge in [-0.15, -0.1) is 0 Å². The van der Waals surface area contributed by atoms with Crippen LogP contribution < -0.4 is 5.32 Å². The van der Waals surface area contributed by atoms with E-state index in [1.807, 2.05) is 25.2 Å². The molecule has 2 rings (SSSR count). The number of anilines is 1. The van der Waals surface area contributed by atoms with Gasteiger partial charge in [0.05, 0.1) is 11.2 Å². The van der Waals surface area contributed by atoms with Crippen LogP contribution in [0.15, 0.2) is 34.9 Å². The van der Waals surface area contributed by atoms with E-state index in [0.717, 1.165) is 21.1 Å². The van der Waals surface area contributed by atoms with Gasteiger partial charge >= 0.3 is 0 Å². The number of halogens is 1. The van der Waals surface area contributed by atoms with Crippen LogP contribution in [0.5, 0.6) is 0 Å². The first-order valence-corrected chi connectivity index (χ1v) is 4.82. The molecule has 0 radical (unpaired) electrons. The number of benzene rings is 1. The molecule has 0 aliphatic heterocycles. The first kappa shape index (κ1) is 8.51. The van der Waals surface area contributed by atoms with Gasteiger partial charge in [-0.05, 0) is 18.2 Å². The van der Waals surface area contributed by atoms with Crippen molar-refractivity contribution in [2.75, 3.05) is 12.4 Å². The van der Waals surface area contributed by atoms with E-state index in [2.05, 4.69) is 32.3 Å². The largest absolute Gasteiger partial charge is 0.386 e. The van der Waals surface area contributed by atoms with Crippen LogP contribution in [0, 0.1) is 0 Å². The lowest BCUT2D eigenvalue weighted by molar-refractivity contribution is 1.39. The molecule has 1 aromatic carbocycles. The van der Waals surface area contributed by atoms with Crippen LogP contribution in [0.2, 0.25) is 0 Å². The highest BCUT2D eigenvalue weighted by Crippen LogP contribution is 2.25. The summed E-state index contributed by atoms with van der Waals surface area (Å²) in [4.78, 5) is 4.31. The molecule has 1 heterocycles. The zero-order chi connectivity index (χ0) is 9.26. The van der Waals surface area contributed by atoms with Gasteiger partial charge in [-0.3, -0.25) is 4.98 Å². The van der Waals surface area contributed by atoms with Gasteiger partial charge in [-0.2, -0.15) is 0 Å². The van der Waals surface area contributed by atoms with E-state index in [9.17, 15) is 0 Å². The molecule has 66 valence electrons. The summed E-state index contributed by atoms with van der Waals surface area (Å²) in [5, 5.41) is 4.26. The van der Waals surface area contributed by atoms with Gasteiger partial charge in [0.25, 0.3) is 0 Å². The molecule has 0 saturated carbocycles. The van der Waals surface area contributed by atoms with E-state index in [0.29, 0.717) is 0 Å². The Balaban J connectivity index is 2.81. The Morgan fingerprint density at radius 3 is 3.00 bits per heavy atom. The van der Waals surface area contributed by atoms with Crippen molar-refractivity contribution in [3.05, 3.63) is 34.9 Å². The Morgan fingerprint density at radius 2 is 2.23 bits per heavy atom. The number of fused-ring (bicyclic) bond motifs is 1. The minimum absolute atomic E-state index is 1.01. The molecule has 0 aliphatic carbocycles. The fourth-order valence-corrected chi connectivity index (χ4v) is 1.82. The summed E-state index contributed by atoms with van der Waals surface area (Å²) < 4.78 is 1.07. The minimum atomic E-state index is 1.01. The number of rotatable bonds is 1. The Labute approximate surface area is 85.1 Å². The molecule has 0 spiro atoms. The van der Waals surface area contributed by atoms with E-state index in [-0.39, 0.29) is 0 Å². The van der Waals surface area contributed by atoms with Crippen LogP contribution in [0.25, 0.3) is 10.9 Å². The first-order chi connectivity index (χ1) is 6.31. The Morgan fingerprint density at radius 1 is 1.38 bits per heavy atom. The topological polar surface area (TPSA) is 24.9 Å². The van der Waals surface area contributed by atoms with E-state index < -0.39 is 0 Å². The number of pyridine rings is 1. The standard InChI is InChI=1S/C10H9BrN2/c1-12-9-6-8(11)5-7-3-2-4-13-10(7)9/h2-6,12H,1H3. The Hall–Kier alpha value is -1.09. The third-order valence-corrected chi connectivity index (χ3v) is 2.40. The van der Waals surface area contributed by atoms with Gasteiger partial charge in [-0.25, -0.2) is 0 Å². The molecule has 2 nitrogen and oxygen atoms in total. The maximum absolute atomic E-state index is 4.31. The highest BCUT2D eigenvalue weighted by atomic mass is 79.9. The predicted octanol–water partition coefficient (Wildman–Crippen LogP) is 3.04. The molecule has 0 unspecified atom stereocenters. The second-order valence-corrected chi connectivity index (χ2v) is 3.69. The average Bonchev–Trinajstić information content (AvgIpc) is 2.16. The lowest BCUT2D eigenvalue weighted by Crippen LogP contribution is -1.91. The predicted molar refractivity (Wildman–Crippen MR) is 59.0 cm³/mol. The second kappa shape index (κ2) is 3.34. The summed E-state index contributed by atoms with van der Waals surface area (Å²) in [6, 6.07) is 8.07. The first-order valence-electron chi connectivity index (χ1n) is 4.03. The van der Waals surface area contributed by atoms with Crippen molar-refractivity contribution in [2.24, 2.45) is 0 Å². The van der Waals surface area contributed by atoms with Gasteiger partial charge in [0, 0.05) is 23.1 Å². The highest BCUT2D eigenvalue weighted by molar-refractivity contribution is 9.10. The molecule has 13 heavy (non-hydrogen) atoms. The monoisotopic (exact) mass is 236 g/mol. The van der Waals surface area contributed by atoms with Crippen LogP contribution in [-0.4, -0.2) is 12.0 Å². The van der Waals surface area contributed by atoms with Crippen LogP contribution in [0.1, 0.15) is 0 Å². The van der Waals surface area contributed by atoms with Crippen molar-refractivity contribution >= 4 is 32.5 Å². The zero-order valence-corrected chi connectivity index (χ0v) is 8.80. The Bertz CT molecular complexity index is 440. The molecule has 0 fully saturated rings. The molecule has 0 amide bonds. The highest BCUT2D eigenvalue weighted by Gasteiger charge is 2.01. The van der Waals surface area contributed by atoms with Crippen LogP contribution >= 0.6 is 15.9 Å². The van der Waals surface area contributed by atoms with E-state index >= 15 is 0 Å². The summed E-state index contributed by atoms with van der Waals surface area (Å²) in [5.41, 5.74) is 2.05. The second-order valence-electron chi connectivity index (χ2n) is 2.78. The number of nitrogens with one attached hydrogen (secondary N) is 1. The zero-order valence-electron chi connectivity index (χ0n) is 7.21. The summed E-state index contributed by atoms with van der Waals surface area (Å²) in [5.74, 6) is 0. The number of nitrogens with zero attached hydrogens (tertiary/aromatic N) is 1. The molecule has 0 bridgehead atoms. The summed E-state index contributed by atoms with van der Waals surface area (Å²) in [6.45, 7) is 0. The Kier molecular flexibility index (Phi) is 2.19. The van der Waals surface area contributed by atoms with Crippen molar-refractivity contribution in [1.29, 1.82) is 0 Å². The van der Waals surface area contributed by atoms with Crippen molar-refractivity contribution < 1.29 is 0 Å². The van der Waals surface area contributed by atoms with Crippen LogP contribution in [0.4, 0.5) is 5.69 Å². The normalized spacial score (nSPS) is 10.3. The molecular weight excluding hydrogens is 228 g/mol. The van der Waals surface area contributed by atoms with E-state index in [1.165, 1.54) is 0 Å². The molecule has 2 aromatic rings. The molecular formula is C10H9BrN2. The maximum atomic E-state index is 4.31. The van der Waals surface area contributed by atoms with Gasteiger partial charge < -0.3 is 5.32 Å². The third-order valence-electron chi connectivity index (χ3n) is 1.94. The molecule has 1 aromatic heterocycles. The number of aromatic nitrogens is 1. The summed E-state index contributed by atoms with van der Waals surface area (Å²) in [7, 11) is 1.90. The van der Waals surface area contributed by atoms with Crippen molar-refractivity contribution in [2.45, 2.75) is 0 Å². The summed E-state index contributed by atoms with van der Waals surface area (Å²) >= 11 is 3.46. The van der Waals surface area contributed by atoms with Gasteiger partial charge in [0.2, 0.25) is 0 Å². The van der Waals surface area contributed by atoms with Crippen molar-refractivity contribution in [3.63, 3.8) is 0 Å². The van der Waals surface area contributed by atoms with Crippen LogP contribution in [0.3, 0.4) is 0 Å². The van der Waals surface area contributed by atoms with Crippen molar-refractivity contribution in [1.82, 2.24) is 4.98 Å². The average molecular weight is 237 g/mol. The summed E-state index contributed by atoms with van der Waals surface area (Å²) in [6.07, 6.45) is 1.80. The fourth-order valence-electron chi connectivity index (χ4n) is 1.35. The molecule has 1 N–H and O–H groups in total. The molecule has 3 heteroatoms. The maximum Gasteiger partial charge on any atom is 0.0933 e. The van der Waals surface area contributed by atoms with E-state index in [4.69, 9.17) is 0 Å². The van der Waals surface area contributed by atoms with E-state index in [1.54, 1.807) is 6.20 Å². The quantitative estimate of drug-likeness (QED) is 0.824. The molecule has 0 atom stereocenters. The van der Waals surface area contributed by atoms with Gasteiger partial charge in [0.1, 0.15) is 0 Å². The smallest absolute Gasteiger partial charge is 0.0933 e. The minimum Gasteiger partial charge on any atom is -0.386 e. The van der Waals surface area contributed by atoms with Crippen LogP contribution in [-0.2, 0) is 0 Å². The number of hydrogen-bond donors (Lipinski definition) is 1. The van der Waals surface area contributed by atoms with Gasteiger partial charge in [0.15, 0.2) is 0 Å². The van der Waals surface area contributed by atoms with Gasteiger partial charge in [-0.1, -0.05) is 22.0 Å². The van der Waals surface area contributed by atoms with Crippen molar-refractivity contribution in [3.8, 4) is 0 Å². The fraction of sp³-hybridized carbons (Fsp3) is 0.100. The third kappa shape index (κ3) is 1.52.